The second-order valence-electron chi connectivity index (χ2n) is 5.64. The van der Waals surface area contributed by atoms with Gasteiger partial charge in [0.1, 0.15) is 5.69 Å². The Hall–Kier alpha value is -2.89. The van der Waals surface area contributed by atoms with Crippen molar-refractivity contribution in [2.75, 3.05) is 26.2 Å². The topological polar surface area (TPSA) is 65.5 Å². The SMILES string of the molecule is O=C(NCc1ccccc1)N1CCN(C(=O)c2ccccn2)CC1. The molecule has 1 aromatic carbocycles. The first-order valence-electron chi connectivity index (χ1n) is 8.01. The normalized spacial score (nSPS) is 14.3. The number of rotatable bonds is 3. The minimum atomic E-state index is -0.0937. The molecule has 0 saturated carbocycles. The molecule has 0 unspecified atom stereocenters. The second-order valence-corrected chi connectivity index (χ2v) is 5.64. The first-order valence-corrected chi connectivity index (χ1v) is 8.01. The summed E-state index contributed by atoms with van der Waals surface area (Å²) in [5.74, 6) is -0.0834. The van der Waals surface area contributed by atoms with Gasteiger partial charge < -0.3 is 15.1 Å². The van der Waals surface area contributed by atoms with Crippen molar-refractivity contribution in [2.24, 2.45) is 0 Å². The molecule has 2 aromatic rings. The van der Waals surface area contributed by atoms with E-state index in [4.69, 9.17) is 0 Å². The fourth-order valence-electron chi connectivity index (χ4n) is 2.65. The largest absolute Gasteiger partial charge is 0.334 e. The van der Waals surface area contributed by atoms with Crippen molar-refractivity contribution < 1.29 is 9.59 Å². The van der Waals surface area contributed by atoms with Gasteiger partial charge >= 0.3 is 6.03 Å². The minimum absolute atomic E-state index is 0.0834. The van der Waals surface area contributed by atoms with E-state index in [1.54, 1.807) is 34.2 Å². The summed E-state index contributed by atoms with van der Waals surface area (Å²) in [7, 11) is 0. The molecular weight excluding hydrogens is 304 g/mol. The van der Waals surface area contributed by atoms with E-state index in [-0.39, 0.29) is 11.9 Å². The molecule has 24 heavy (non-hydrogen) atoms. The maximum Gasteiger partial charge on any atom is 0.317 e. The molecular formula is C18H20N4O2. The van der Waals surface area contributed by atoms with Gasteiger partial charge in [0.15, 0.2) is 0 Å². The number of hydrogen-bond acceptors (Lipinski definition) is 3. The molecule has 0 aliphatic carbocycles. The fourth-order valence-corrected chi connectivity index (χ4v) is 2.65. The van der Waals surface area contributed by atoms with Crippen molar-refractivity contribution in [3.63, 3.8) is 0 Å². The summed E-state index contributed by atoms with van der Waals surface area (Å²) in [6.45, 7) is 2.60. The smallest absolute Gasteiger partial charge is 0.317 e. The van der Waals surface area contributed by atoms with Gasteiger partial charge in [-0.05, 0) is 17.7 Å². The molecule has 0 bridgehead atoms. The van der Waals surface area contributed by atoms with Crippen molar-refractivity contribution in [1.29, 1.82) is 0 Å². The number of piperazine rings is 1. The maximum absolute atomic E-state index is 12.3. The van der Waals surface area contributed by atoms with E-state index in [0.717, 1.165) is 5.56 Å². The molecule has 1 saturated heterocycles. The highest BCUT2D eigenvalue weighted by Crippen LogP contribution is 2.07. The Balaban J connectivity index is 1.48. The Labute approximate surface area is 141 Å². The molecule has 6 heteroatoms. The van der Waals surface area contributed by atoms with Crippen molar-refractivity contribution in [3.05, 3.63) is 66.0 Å². The standard InChI is InChI=1S/C18H20N4O2/c23-17(16-8-4-5-9-19-16)21-10-12-22(13-11-21)18(24)20-14-15-6-2-1-3-7-15/h1-9H,10-14H2,(H,20,24). The number of carbonyl (C=O) groups excluding carboxylic acids is 2. The molecule has 1 aromatic heterocycles. The van der Waals surface area contributed by atoms with Crippen LogP contribution in [-0.2, 0) is 6.54 Å². The molecule has 0 spiro atoms. The molecule has 1 fully saturated rings. The summed E-state index contributed by atoms with van der Waals surface area (Å²) in [5, 5.41) is 2.92. The van der Waals surface area contributed by atoms with Crippen LogP contribution in [0.15, 0.2) is 54.7 Å². The van der Waals surface area contributed by atoms with Crippen molar-refractivity contribution in [2.45, 2.75) is 6.54 Å². The zero-order valence-electron chi connectivity index (χ0n) is 13.4. The van der Waals surface area contributed by atoms with Crippen LogP contribution < -0.4 is 5.32 Å². The zero-order chi connectivity index (χ0) is 16.8. The monoisotopic (exact) mass is 324 g/mol. The molecule has 1 aliphatic heterocycles. The number of amides is 3. The average molecular weight is 324 g/mol. The minimum Gasteiger partial charge on any atom is -0.334 e. The van der Waals surface area contributed by atoms with Crippen molar-refractivity contribution in [1.82, 2.24) is 20.1 Å². The number of pyridine rings is 1. The van der Waals surface area contributed by atoms with Crippen LogP contribution in [0.3, 0.4) is 0 Å². The van der Waals surface area contributed by atoms with Crippen LogP contribution in [-0.4, -0.2) is 52.9 Å². The summed E-state index contributed by atoms with van der Waals surface area (Å²) < 4.78 is 0. The molecule has 0 radical (unpaired) electrons. The number of benzene rings is 1. The van der Waals surface area contributed by atoms with E-state index < -0.39 is 0 Å². The Morgan fingerprint density at radius 3 is 2.25 bits per heavy atom. The Morgan fingerprint density at radius 1 is 0.917 bits per heavy atom. The highest BCUT2D eigenvalue weighted by atomic mass is 16.2. The van der Waals surface area contributed by atoms with E-state index in [0.29, 0.717) is 38.4 Å². The van der Waals surface area contributed by atoms with Gasteiger partial charge in [-0.25, -0.2) is 4.79 Å². The summed E-state index contributed by atoms with van der Waals surface area (Å²) in [6, 6.07) is 15.0. The summed E-state index contributed by atoms with van der Waals surface area (Å²) in [5.41, 5.74) is 1.51. The molecule has 3 amide bonds. The van der Waals surface area contributed by atoms with Crippen LogP contribution in [0.1, 0.15) is 16.1 Å². The number of carbonyl (C=O) groups is 2. The van der Waals surface area contributed by atoms with Gasteiger partial charge in [0, 0.05) is 38.9 Å². The third-order valence-corrected chi connectivity index (χ3v) is 4.02. The van der Waals surface area contributed by atoms with Crippen LogP contribution in [0.25, 0.3) is 0 Å². The maximum atomic E-state index is 12.3. The van der Waals surface area contributed by atoms with E-state index in [9.17, 15) is 9.59 Å². The van der Waals surface area contributed by atoms with Crippen LogP contribution in [0.2, 0.25) is 0 Å². The van der Waals surface area contributed by atoms with Gasteiger partial charge in [-0.3, -0.25) is 9.78 Å². The molecule has 1 aliphatic rings. The number of urea groups is 1. The predicted octanol–water partition coefficient (Wildman–Crippen LogP) is 1.75. The van der Waals surface area contributed by atoms with Crippen LogP contribution in [0.5, 0.6) is 0 Å². The van der Waals surface area contributed by atoms with Gasteiger partial charge in [0.2, 0.25) is 0 Å². The summed E-state index contributed by atoms with van der Waals surface area (Å²) in [6.07, 6.45) is 1.61. The molecule has 124 valence electrons. The molecule has 6 nitrogen and oxygen atoms in total. The highest BCUT2D eigenvalue weighted by Gasteiger charge is 2.25. The van der Waals surface area contributed by atoms with Gasteiger partial charge in [0.05, 0.1) is 0 Å². The molecule has 2 heterocycles. The summed E-state index contributed by atoms with van der Waals surface area (Å²) >= 11 is 0. The van der Waals surface area contributed by atoms with E-state index in [1.165, 1.54) is 0 Å². The lowest BCUT2D eigenvalue weighted by atomic mass is 10.2. The average Bonchev–Trinajstić information content (AvgIpc) is 2.67. The third kappa shape index (κ3) is 3.90. The second kappa shape index (κ2) is 7.59. The van der Waals surface area contributed by atoms with Crippen molar-refractivity contribution >= 4 is 11.9 Å². The predicted molar refractivity (Wildman–Crippen MR) is 90.4 cm³/mol. The fraction of sp³-hybridized carbons (Fsp3) is 0.278. The zero-order valence-corrected chi connectivity index (χ0v) is 13.4. The van der Waals surface area contributed by atoms with Crippen LogP contribution >= 0.6 is 0 Å². The van der Waals surface area contributed by atoms with E-state index in [2.05, 4.69) is 10.3 Å². The lowest BCUT2D eigenvalue weighted by Gasteiger charge is -2.34. The third-order valence-electron chi connectivity index (χ3n) is 4.02. The number of nitrogens with zero attached hydrogens (tertiary/aromatic N) is 3. The number of hydrogen-bond donors (Lipinski definition) is 1. The van der Waals surface area contributed by atoms with Crippen molar-refractivity contribution in [3.8, 4) is 0 Å². The van der Waals surface area contributed by atoms with E-state index >= 15 is 0 Å². The van der Waals surface area contributed by atoms with E-state index in [1.807, 2.05) is 30.3 Å². The highest BCUT2D eigenvalue weighted by molar-refractivity contribution is 5.92. The quantitative estimate of drug-likeness (QED) is 0.935. The lowest BCUT2D eigenvalue weighted by molar-refractivity contribution is 0.0659. The van der Waals surface area contributed by atoms with Gasteiger partial charge in [-0.2, -0.15) is 0 Å². The number of aromatic nitrogens is 1. The molecule has 3 rings (SSSR count). The summed E-state index contributed by atoms with van der Waals surface area (Å²) in [4.78, 5) is 32.1. The Kier molecular flexibility index (Phi) is 5.05. The van der Waals surface area contributed by atoms with Crippen LogP contribution in [0, 0.1) is 0 Å². The first kappa shape index (κ1) is 16.0. The molecule has 0 atom stereocenters. The number of nitrogens with one attached hydrogen (secondary N) is 1. The first-order chi connectivity index (χ1) is 11.7. The van der Waals surface area contributed by atoms with Gasteiger partial charge in [0.25, 0.3) is 5.91 Å². The Bertz CT molecular complexity index is 683. The van der Waals surface area contributed by atoms with Gasteiger partial charge in [-0.1, -0.05) is 36.4 Å². The Morgan fingerprint density at radius 2 is 1.58 bits per heavy atom. The van der Waals surface area contributed by atoms with Gasteiger partial charge in [-0.15, -0.1) is 0 Å². The van der Waals surface area contributed by atoms with Crippen LogP contribution in [0.4, 0.5) is 4.79 Å². The molecule has 1 N–H and O–H groups in total. The lowest BCUT2D eigenvalue weighted by Crippen LogP contribution is -2.53.